The number of rotatable bonds is 5. The van der Waals surface area contributed by atoms with Gasteiger partial charge in [0.05, 0.1) is 0 Å². The average Bonchev–Trinajstić information content (AvgIpc) is 2.51. The summed E-state index contributed by atoms with van der Waals surface area (Å²) in [6, 6.07) is 2.61. The van der Waals surface area contributed by atoms with Crippen molar-refractivity contribution in [2.24, 2.45) is 0 Å². The first-order valence-corrected chi connectivity index (χ1v) is 7.31. The molecule has 0 aliphatic carbocycles. The minimum Gasteiger partial charge on any atom is -0.382 e. The first-order valence-electron chi connectivity index (χ1n) is 6.32. The molecule has 0 atom stereocenters. The monoisotopic (exact) mass is 338 g/mol. The highest BCUT2D eigenvalue weighted by molar-refractivity contribution is 7.99. The molecule has 1 amide bonds. The number of aromatic nitrogens is 2. The van der Waals surface area contributed by atoms with Gasteiger partial charge in [-0.05, 0) is 18.2 Å². The van der Waals surface area contributed by atoms with Gasteiger partial charge in [0.2, 0.25) is 0 Å². The fourth-order valence-electron chi connectivity index (χ4n) is 1.62. The van der Waals surface area contributed by atoms with Crippen molar-refractivity contribution in [3.63, 3.8) is 0 Å². The van der Waals surface area contributed by atoms with Crippen LogP contribution in [0.5, 0.6) is 0 Å². The lowest BCUT2D eigenvalue weighted by Gasteiger charge is -2.08. The standard InChI is InChI=1S/C14H12F2N4O2S/c1-2-5-23-14-19-11(17)10(13(22)20-14)18-12(21)7-3-4-8(15)9(16)6-7/h2-4,6H,1,5H2,(H,18,21)(H3,17,19,20,22). The van der Waals surface area contributed by atoms with Gasteiger partial charge in [0, 0.05) is 11.3 Å². The molecule has 0 aliphatic rings. The molecule has 0 bridgehead atoms. The molecule has 120 valence electrons. The Kier molecular flexibility index (Phi) is 5.12. The summed E-state index contributed by atoms with van der Waals surface area (Å²) in [6.07, 6.45) is 1.62. The SMILES string of the molecule is C=CCSc1nc(N)c(NC(=O)c2ccc(F)c(F)c2)c(=O)[nH]1. The molecule has 4 N–H and O–H groups in total. The summed E-state index contributed by atoms with van der Waals surface area (Å²) in [5, 5.41) is 2.51. The number of nitrogens with zero attached hydrogens (tertiary/aromatic N) is 1. The van der Waals surface area contributed by atoms with E-state index in [0.717, 1.165) is 18.2 Å². The second kappa shape index (κ2) is 7.05. The Morgan fingerprint density at radius 2 is 2.17 bits per heavy atom. The van der Waals surface area contributed by atoms with Gasteiger partial charge in [-0.2, -0.15) is 0 Å². The molecule has 23 heavy (non-hydrogen) atoms. The van der Waals surface area contributed by atoms with Gasteiger partial charge in [-0.15, -0.1) is 6.58 Å². The first kappa shape index (κ1) is 16.7. The number of hydrogen-bond acceptors (Lipinski definition) is 5. The van der Waals surface area contributed by atoms with Crippen LogP contribution in [-0.2, 0) is 0 Å². The average molecular weight is 338 g/mol. The summed E-state index contributed by atoms with van der Waals surface area (Å²) >= 11 is 1.21. The first-order chi connectivity index (χ1) is 10.9. The van der Waals surface area contributed by atoms with E-state index in [0.29, 0.717) is 5.75 Å². The Morgan fingerprint density at radius 1 is 1.43 bits per heavy atom. The van der Waals surface area contributed by atoms with Crippen molar-refractivity contribution in [3.8, 4) is 0 Å². The van der Waals surface area contributed by atoms with E-state index in [1.165, 1.54) is 11.8 Å². The zero-order valence-corrected chi connectivity index (χ0v) is 12.5. The zero-order valence-electron chi connectivity index (χ0n) is 11.7. The molecular weight excluding hydrogens is 326 g/mol. The maximum atomic E-state index is 13.1. The fourth-order valence-corrected chi connectivity index (χ4v) is 2.22. The third kappa shape index (κ3) is 3.95. The van der Waals surface area contributed by atoms with E-state index in [2.05, 4.69) is 21.9 Å². The van der Waals surface area contributed by atoms with Crippen molar-refractivity contribution < 1.29 is 13.6 Å². The second-order valence-electron chi connectivity index (χ2n) is 4.31. The number of amides is 1. The number of nitrogen functional groups attached to an aromatic ring is 1. The van der Waals surface area contributed by atoms with Crippen molar-refractivity contribution in [2.75, 3.05) is 16.8 Å². The van der Waals surface area contributed by atoms with Crippen LogP contribution in [0.2, 0.25) is 0 Å². The third-order valence-corrected chi connectivity index (χ3v) is 3.55. The third-order valence-electron chi connectivity index (χ3n) is 2.68. The van der Waals surface area contributed by atoms with Crippen LogP contribution in [0.4, 0.5) is 20.3 Å². The van der Waals surface area contributed by atoms with Gasteiger partial charge in [0.25, 0.3) is 11.5 Å². The Hall–Kier alpha value is -2.68. The van der Waals surface area contributed by atoms with E-state index >= 15 is 0 Å². The number of halogens is 2. The lowest BCUT2D eigenvalue weighted by molar-refractivity contribution is 0.102. The predicted octanol–water partition coefficient (Wildman–Crippen LogP) is 2.16. The molecule has 9 heteroatoms. The normalized spacial score (nSPS) is 10.3. The topological polar surface area (TPSA) is 101 Å². The van der Waals surface area contributed by atoms with Crippen LogP contribution in [0, 0.1) is 11.6 Å². The smallest absolute Gasteiger partial charge is 0.277 e. The van der Waals surface area contributed by atoms with Crippen LogP contribution in [0.1, 0.15) is 10.4 Å². The number of H-pyrrole nitrogens is 1. The van der Waals surface area contributed by atoms with Crippen LogP contribution < -0.4 is 16.6 Å². The summed E-state index contributed by atoms with van der Waals surface area (Å²) in [5.74, 6) is -2.73. The van der Waals surface area contributed by atoms with Gasteiger partial charge in [-0.25, -0.2) is 13.8 Å². The molecule has 6 nitrogen and oxygen atoms in total. The molecule has 0 aliphatic heterocycles. The second-order valence-corrected chi connectivity index (χ2v) is 5.32. The maximum absolute atomic E-state index is 13.1. The van der Waals surface area contributed by atoms with E-state index in [-0.39, 0.29) is 22.2 Å². The zero-order chi connectivity index (χ0) is 17.0. The molecule has 1 aromatic heterocycles. The number of anilines is 2. The molecule has 0 saturated carbocycles. The van der Waals surface area contributed by atoms with Gasteiger partial charge >= 0.3 is 0 Å². The Bertz CT molecular complexity index is 823. The van der Waals surface area contributed by atoms with E-state index in [4.69, 9.17) is 5.73 Å². The minimum absolute atomic E-state index is 0.159. The lowest BCUT2D eigenvalue weighted by atomic mass is 10.2. The lowest BCUT2D eigenvalue weighted by Crippen LogP contribution is -2.23. The number of nitrogens with two attached hydrogens (primary N) is 1. The molecule has 1 aromatic carbocycles. The fraction of sp³-hybridized carbons (Fsp3) is 0.0714. The molecule has 0 saturated heterocycles. The van der Waals surface area contributed by atoms with Crippen LogP contribution >= 0.6 is 11.8 Å². The highest BCUT2D eigenvalue weighted by Crippen LogP contribution is 2.17. The molecule has 1 heterocycles. The maximum Gasteiger partial charge on any atom is 0.277 e. The van der Waals surface area contributed by atoms with Gasteiger partial charge in [0.15, 0.2) is 22.6 Å². The van der Waals surface area contributed by atoms with Crippen molar-refractivity contribution >= 4 is 29.2 Å². The number of nitrogens with one attached hydrogen (secondary N) is 2. The summed E-state index contributed by atoms with van der Waals surface area (Å²) in [7, 11) is 0. The van der Waals surface area contributed by atoms with Crippen LogP contribution in [0.15, 0.2) is 40.8 Å². The number of carbonyl (C=O) groups excluding carboxylic acids is 1. The molecule has 0 spiro atoms. The van der Waals surface area contributed by atoms with E-state index in [1.54, 1.807) is 6.08 Å². The van der Waals surface area contributed by atoms with Crippen molar-refractivity contribution in [2.45, 2.75) is 5.16 Å². The van der Waals surface area contributed by atoms with Crippen LogP contribution in [0.3, 0.4) is 0 Å². The number of carbonyl (C=O) groups is 1. The van der Waals surface area contributed by atoms with E-state index in [1.807, 2.05) is 0 Å². The van der Waals surface area contributed by atoms with E-state index in [9.17, 15) is 18.4 Å². The summed E-state index contributed by atoms with van der Waals surface area (Å²) in [5.41, 5.74) is 4.58. The summed E-state index contributed by atoms with van der Waals surface area (Å²) in [4.78, 5) is 30.3. The van der Waals surface area contributed by atoms with Crippen LogP contribution in [-0.4, -0.2) is 21.6 Å². The highest BCUT2D eigenvalue weighted by Gasteiger charge is 2.15. The number of aromatic amines is 1. The van der Waals surface area contributed by atoms with Gasteiger partial charge in [0.1, 0.15) is 5.69 Å². The predicted molar refractivity (Wildman–Crippen MR) is 84.5 cm³/mol. The highest BCUT2D eigenvalue weighted by atomic mass is 32.2. The van der Waals surface area contributed by atoms with Crippen molar-refractivity contribution in [1.82, 2.24) is 9.97 Å². The number of thioether (sulfide) groups is 1. The van der Waals surface area contributed by atoms with Gasteiger partial charge in [-0.1, -0.05) is 17.8 Å². The largest absolute Gasteiger partial charge is 0.382 e. The molecule has 2 aromatic rings. The number of hydrogen-bond donors (Lipinski definition) is 3. The van der Waals surface area contributed by atoms with Gasteiger partial charge < -0.3 is 11.1 Å². The summed E-state index contributed by atoms with van der Waals surface area (Å²) in [6.45, 7) is 3.54. The molecule has 2 rings (SSSR count). The van der Waals surface area contributed by atoms with E-state index < -0.39 is 23.1 Å². The molecular formula is C14H12F2N4O2S. The molecule has 0 fully saturated rings. The Morgan fingerprint density at radius 3 is 2.78 bits per heavy atom. The van der Waals surface area contributed by atoms with Gasteiger partial charge in [-0.3, -0.25) is 14.6 Å². The Balaban J connectivity index is 2.25. The molecule has 0 unspecified atom stereocenters. The van der Waals surface area contributed by atoms with Crippen LogP contribution in [0.25, 0.3) is 0 Å². The van der Waals surface area contributed by atoms with Crippen molar-refractivity contribution in [3.05, 3.63) is 58.4 Å². The Labute approximate surface area is 133 Å². The summed E-state index contributed by atoms with van der Waals surface area (Å²) < 4.78 is 26.0. The molecule has 0 radical (unpaired) electrons. The minimum atomic E-state index is -1.17. The van der Waals surface area contributed by atoms with Crippen molar-refractivity contribution in [1.29, 1.82) is 0 Å². The number of benzene rings is 1. The quantitative estimate of drug-likeness (QED) is 0.441.